The number of ether oxygens (including phenoxy) is 1. The van der Waals surface area contributed by atoms with Crippen LogP contribution in [0.2, 0.25) is 0 Å². The molecule has 0 fully saturated rings. The molecule has 1 amide bonds. The third-order valence-electron chi connectivity index (χ3n) is 2.92. The average molecular weight is 257 g/mol. The van der Waals surface area contributed by atoms with Gasteiger partial charge in [0.15, 0.2) is 0 Å². The monoisotopic (exact) mass is 257 g/mol. The van der Waals surface area contributed by atoms with Gasteiger partial charge in [0.1, 0.15) is 5.75 Å². The SMILES string of the molecule is COc1c(C)nc(C)c(C(N)=O)c1-c1ccncc1. The van der Waals surface area contributed by atoms with Crippen LogP contribution in [0.15, 0.2) is 24.5 Å². The first-order valence-electron chi connectivity index (χ1n) is 5.81. The molecule has 2 heterocycles. The summed E-state index contributed by atoms with van der Waals surface area (Å²) < 4.78 is 5.39. The van der Waals surface area contributed by atoms with E-state index in [-0.39, 0.29) is 0 Å². The van der Waals surface area contributed by atoms with Crippen molar-refractivity contribution in [2.24, 2.45) is 5.73 Å². The van der Waals surface area contributed by atoms with Crippen molar-refractivity contribution in [3.8, 4) is 16.9 Å². The van der Waals surface area contributed by atoms with Crippen LogP contribution in [0.1, 0.15) is 21.7 Å². The van der Waals surface area contributed by atoms with E-state index >= 15 is 0 Å². The molecule has 98 valence electrons. The summed E-state index contributed by atoms with van der Waals surface area (Å²) in [6.45, 7) is 3.60. The fourth-order valence-electron chi connectivity index (χ4n) is 2.18. The van der Waals surface area contributed by atoms with Crippen molar-refractivity contribution < 1.29 is 9.53 Å². The zero-order valence-electron chi connectivity index (χ0n) is 11.1. The first kappa shape index (κ1) is 13.0. The summed E-state index contributed by atoms with van der Waals surface area (Å²) in [6.07, 6.45) is 3.31. The van der Waals surface area contributed by atoms with Gasteiger partial charge in [-0.15, -0.1) is 0 Å². The first-order chi connectivity index (χ1) is 9.06. The second kappa shape index (κ2) is 5.06. The van der Waals surface area contributed by atoms with Gasteiger partial charge in [0.05, 0.1) is 24.1 Å². The number of nitrogens with two attached hydrogens (primary N) is 1. The Morgan fingerprint density at radius 2 is 1.84 bits per heavy atom. The minimum Gasteiger partial charge on any atom is -0.494 e. The Morgan fingerprint density at radius 1 is 1.21 bits per heavy atom. The molecule has 0 saturated carbocycles. The van der Waals surface area contributed by atoms with Crippen LogP contribution in [0.25, 0.3) is 11.1 Å². The van der Waals surface area contributed by atoms with Crippen LogP contribution >= 0.6 is 0 Å². The number of aryl methyl sites for hydroxylation is 2. The fourth-order valence-corrected chi connectivity index (χ4v) is 2.18. The predicted molar refractivity (Wildman–Crippen MR) is 72.0 cm³/mol. The van der Waals surface area contributed by atoms with E-state index in [1.165, 1.54) is 0 Å². The molecule has 2 aromatic heterocycles. The number of methoxy groups -OCH3 is 1. The van der Waals surface area contributed by atoms with Gasteiger partial charge < -0.3 is 10.5 Å². The second-order valence-electron chi connectivity index (χ2n) is 4.17. The molecule has 2 aromatic rings. The van der Waals surface area contributed by atoms with Crippen molar-refractivity contribution in [1.29, 1.82) is 0 Å². The maximum atomic E-state index is 11.7. The van der Waals surface area contributed by atoms with E-state index in [4.69, 9.17) is 10.5 Å². The molecule has 19 heavy (non-hydrogen) atoms. The molecule has 2 N–H and O–H groups in total. The summed E-state index contributed by atoms with van der Waals surface area (Å²) in [6, 6.07) is 3.62. The molecule has 2 rings (SSSR count). The number of primary amides is 1. The van der Waals surface area contributed by atoms with Crippen molar-refractivity contribution in [3.63, 3.8) is 0 Å². The van der Waals surface area contributed by atoms with E-state index in [0.29, 0.717) is 22.6 Å². The van der Waals surface area contributed by atoms with Gasteiger partial charge in [0, 0.05) is 18.0 Å². The van der Waals surface area contributed by atoms with Gasteiger partial charge in [-0.1, -0.05) is 0 Å². The second-order valence-corrected chi connectivity index (χ2v) is 4.17. The van der Waals surface area contributed by atoms with Crippen LogP contribution in [0.3, 0.4) is 0 Å². The highest BCUT2D eigenvalue weighted by molar-refractivity contribution is 6.02. The van der Waals surface area contributed by atoms with E-state index in [2.05, 4.69) is 9.97 Å². The number of nitrogens with zero attached hydrogens (tertiary/aromatic N) is 2. The summed E-state index contributed by atoms with van der Waals surface area (Å²) in [5, 5.41) is 0. The van der Waals surface area contributed by atoms with E-state index in [1.54, 1.807) is 26.4 Å². The Morgan fingerprint density at radius 3 is 2.37 bits per heavy atom. The smallest absolute Gasteiger partial charge is 0.251 e. The summed E-state index contributed by atoms with van der Waals surface area (Å²) in [4.78, 5) is 20.0. The number of carbonyl (C=O) groups excluding carboxylic acids is 1. The van der Waals surface area contributed by atoms with Crippen molar-refractivity contribution in [2.75, 3.05) is 7.11 Å². The number of carbonyl (C=O) groups is 1. The summed E-state index contributed by atoms with van der Waals surface area (Å²) in [7, 11) is 1.55. The largest absolute Gasteiger partial charge is 0.494 e. The average Bonchev–Trinajstić information content (AvgIpc) is 2.38. The highest BCUT2D eigenvalue weighted by atomic mass is 16.5. The van der Waals surface area contributed by atoms with Gasteiger partial charge in [-0.3, -0.25) is 14.8 Å². The normalized spacial score (nSPS) is 10.3. The Hall–Kier alpha value is -2.43. The molecular formula is C14H15N3O2. The maximum absolute atomic E-state index is 11.7. The van der Waals surface area contributed by atoms with Crippen molar-refractivity contribution in [1.82, 2.24) is 9.97 Å². The Labute approximate surface area is 111 Å². The highest BCUT2D eigenvalue weighted by Crippen LogP contribution is 2.36. The van der Waals surface area contributed by atoms with Crippen LogP contribution < -0.4 is 10.5 Å². The molecule has 0 saturated heterocycles. The van der Waals surface area contributed by atoms with Gasteiger partial charge in [0.25, 0.3) is 5.91 Å². The molecule has 0 aliphatic rings. The third-order valence-corrected chi connectivity index (χ3v) is 2.92. The predicted octanol–water partition coefficient (Wildman–Crippen LogP) is 1.87. The lowest BCUT2D eigenvalue weighted by atomic mass is 9.97. The van der Waals surface area contributed by atoms with Gasteiger partial charge in [0.2, 0.25) is 0 Å². The number of pyridine rings is 2. The summed E-state index contributed by atoms with van der Waals surface area (Å²) in [5.74, 6) is 0.0423. The molecular weight excluding hydrogens is 242 g/mol. The number of aromatic nitrogens is 2. The topological polar surface area (TPSA) is 78.1 Å². The van der Waals surface area contributed by atoms with Gasteiger partial charge in [-0.05, 0) is 31.5 Å². The van der Waals surface area contributed by atoms with Gasteiger partial charge >= 0.3 is 0 Å². The summed E-state index contributed by atoms with van der Waals surface area (Å²) >= 11 is 0. The molecule has 5 nitrogen and oxygen atoms in total. The fraction of sp³-hybridized carbons (Fsp3) is 0.214. The number of amides is 1. The van der Waals surface area contributed by atoms with E-state index in [9.17, 15) is 4.79 Å². The highest BCUT2D eigenvalue weighted by Gasteiger charge is 2.21. The van der Waals surface area contributed by atoms with E-state index in [0.717, 1.165) is 11.3 Å². The molecule has 0 radical (unpaired) electrons. The molecule has 0 atom stereocenters. The minimum atomic E-state index is -0.518. The van der Waals surface area contributed by atoms with Crippen molar-refractivity contribution in [2.45, 2.75) is 13.8 Å². The molecule has 0 aliphatic carbocycles. The molecule has 0 unspecified atom stereocenters. The molecule has 5 heteroatoms. The van der Waals surface area contributed by atoms with Crippen LogP contribution in [0.4, 0.5) is 0 Å². The zero-order chi connectivity index (χ0) is 14.0. The summed E-state index contributed by atoms with van der Waals surface area (Å²) in [5.41, 5.74) is 8.67. The molecule has 0 spiro atoms. The molecule has 0 bridgehead atoms. The van der Waals surface area contributed by atoms with E-state index in [1.807, 2.05) is 19.1 Å². The van der Waals surface area contributed by atoms with Crippen LogP contribution in [0, 0.1) is 13.8 Å². The standard InChI is InChI=1S/C14H15N3O2/c1-8-11(14(15)18)12(10-4-6-16-7-5-10)13(19-3)9(2)17-8/h4-7H,1-3H3,(H2,15,18). The Balaban J connectivity index is 2.86. The number of rotatable bonds is 3. The lowest BCUT2D eigenvalue weighted by Crippen LogP contribution is -2.16. The lowest BCUT2D eigenvalue weighted by Gasteiger charge is -2.16. The number of hydrogen-bond acceptors (Lipinski definition) is 4. The molecule has 0 aromatic carbocycles. The van der Waals surface area contributed by atoms with Crippen LogP contribution in [-0.2, 0) is 0 Å². The third kappa shape index (κ3) is 2.27. The Bertz CT molecular complexity index is 624. The number of hydrogen-bond donors (Lipinski definition) is 1. The molecule has 0 aliphatic heterocycles. The maximum Gasteiger partial charge on any atom is 0.251 e. The van der Waals surface area contributed by atoms with Gasteiger partial charge in [-0.2, -0.15) is 0 Å². The first-order valence-corrected chi connectivity index (χ1v) is 5.81. The van der Waals surface area contributed by atoms with E-state index < -0.39 is 5.91 Å². The van der Waals surface area contributed by atoms with Crippen LogP contribution in [0.5, 0.6) is 5.75 Å². The zero-order valence-corrected chi connectivity index (χ0v) is 11.1. The lowest BCUT2D eigenvalue weighted by molar-refractivity contribution is 0.0999. The van der Waals surface area contributed by atoms with Gasteiger partial charge in [-0.25, -0.2) is 0 Å². The minimum absolute atomic E-state index is 0.383. The quantitative estimate of drug-likeness (QED) is 0.910. The van der Waals surface area contributed by atoms with Crippen LogP contribution in [-0.4, -0.2) is 23.0 Å². The van der Waals surface area contributed by atoms with Crippen molar-refractivity contribution in [3.05, 3.63) is 41.5 Å². The van der Waals surface area contributed by atoms with Crippen molar-refractivity contribution >= 4 is 5.91 Å². The Kier molecular flexibility index (Phi) is 3.46.